The SMILES string of the molecule is CC(C)(C)[Si](C)(C)OCCC[Si](C)(C)C. The zero-order valence-electron chi connectivity index (χ0n) is 12.0. The lowest BCUT2D eigenvalue weighted by Gasteiger charge is -2.36. The van der Waals surface area contributed by atoms with Crippen molar-refractivity contribution in [3.05, 3.63) is 0 Å². The average Bonchev–Trinajstić information content (AvgIpc) is 1.94. The van der Waals surface area contributed by atoms with Gasteiger partial charge in [0.15, 0.2) is 8.32 Å². The maximum absolute atomic E-state index is 6.15. The Bertz CT molecular complexity index is 187. The fraction of sp³-hybridized carbons (Fsp3) is 1.00. The monoisotopic (exact) mass is 246 g/mol. The minimum atomic E-state index is -1.49. The van der Waals surface area contributed by atoms with Crippen LogP contribution in [0.1, 0.15) is 27.2 Å². The van der Waals surface area contributed by atoms with E-state index in [2.05, 4.69) is 53.5 Å². The van der Waals surface area contributed by atoms with Crippen LogP contribution >= 0.6 is 0 Å². The summed E-state index contributed by atoms with van der Waals surface area (Å²) in [6.07, 6.45) is 1.25. The van der Waals surface area contributed by atoms with Gasteiger partial charge in [-0.2, -0.15) is 0 Å². The Morgan fingerprint density at radius 2 is 1.40 bits per heavy atom. The molecule has 0 unspecified atom stereocenters. The Hall–Kier alpha value is 0.394. The molecule has 0 aromatic carbocycles. The summed E-state index contributed by atoms with van der Waals surface area (Å²) < 4.78 is 6.15. The summed E-state index contributed by atoms with van der Waals surface area (Å²) in [4.78, 5) is 0. The van der Waals surface area contributed by atoms with Crippen LogP contribution in [0.2, 0.25) is 43.8 Å². The molecule has 0 heterocycles. The molecule has 92 valence electrons. The van der Waals surface area contributed by atoms with Crippen molar-refractivity contribution in [2.75, 3.05) is 6.61 Å². The van der Waals surface area contributed by atoms with Crippen LogP contribution in [0.4, 0.5) is 0 Å². The molecule has 0 radical (unpaired) electrons. The van der Waals surface area contributed by atoms with Crippen molar-refractivity contribution in [3.63, 3.8) is 0 Å². The van der Waals surface area contributed by atoms with Gasteiger partial charge in [-0.25, -0.2) is 0 Å². The summed E-state index contributed by atoms with van der Waals surface area (Å²) in [5.41, 5.74) is 0. The highest BCUT2D eigenvalue weighted by molar-refractivity contribution is 6.76. The molecule has 0 aliphatic rings. The zero-order valence-corrected chi connectivity index (χ0v) is 14.0. The van der Waals surface area contributed by atoms with E-state index in [0.717, 1.165) is 6.61 Å². The van der Waals surface area contributed by atoms with E-state index in [1.807, 2.05) is 0 Å². The normalized spacial score (nSPS) is 14.4. The Labute approximate surface area is 98.8 Å². The van der Waals surface area contributed by atoms with Crippen LogP contribution in [-0.4, -0.2) is 23.0 Å². The molecule has 0 amide bonds. The van der Waals surface area contributed by atoms with Gasteiger partial charge in [-0.05, 0) is 24.6 Å². The summed E-state index contributed by atoms with van der Waals surface area (Å²) in [6, 6.07) is 1.39. The van der Waals surface area contributed by atoms with Crippen LogP contribution < -0.4 is 0 Å². The van der Waals surface area contributed by atoms with Gasteiger partial charge in [-0.1, -0.05) is 46.5 Å². The summed E-state index contributed by atoms with van der Waals surface area (Å²) >= 11 is 0. The molecule has 0 fully saturated rings. The second-order valence-electron chi connectivity index (χ2n) is 7.27. The van der Waals surface area contributed by atoms with E-state index in [0.29, 0.717) is 5.04 Å². The summed E-state index contributed by atoms with van der Waals surface area (Å²) in [7, 11) is -2.35. The van der Waals surface area contributed by atoms with Gasteiger partial charge in [-0.15, -0.1) is 0 Å². The van der Waals surface area contributed by atoms with E-state index < -0.39 is 16.4 Å². The molecule has 0 bridgehead atoms. The van der Waals surface area contributed by atoms with Gasteiger partial charge < -0.3 is 4.43 Å². The standard InChI is InChI=1S/C12H30OSi2/c1-12(2,3)15(7,8)13-10-9-11-14(4,5)6/h9-11H2,1-8H3. The number of hydrogen-bond donors (Lipinski definition) is 0. The first-order chi connectivity index (χ1) is 6.46. The lowest BCUT2D eigenvalue weighted by atomic mass is 10.2. The van der Waals surface area contributed by atoms with Crippen LogP contribution in [-0.2, 0) is 4.43 Å². The minimum Gasteiger partial charge on any atom is -0.417 e. The first kappa shape index (κ1) is 15.4. The third kappa shape index (κ3) is 6.53. The van der Waals surface area contributed by atoms with Crippen molar-refractivity contribution in [2.24, 2.45) is 0 Å². The van der Waals surface area contributed by atoms with Crippen molar-refractivity contribution >= 4 is 16.4 Å². The van der Waals surface area contributed by atoms with Gasteiger partial charge in [0.2, 0.25) is 0 Å². The van der Waals surface area contributed by atoms with Crippen LogP contribution in [0, 0.1) is 0 Å². The average molecular weight is 247 g/mol. The first-order valence-corrected chi connectivity index (χ1v) is 12.7. The van der Waals surface area contributed by atoms with E-state index in [1.165, 1.54) is 12.5 Å². The molecule has 0 spiro atoms. The third-order valence-corrected chi connectivity index (χ3v) is 9.73. The maximum atomic E-state index is 6.15. The maximum Gasteiger partial charge on any atom is 0.191 e. The summed E-state index contributed by atoms with van der Waals surface area (Å²) in [5.74, 6) is 0. The Kier molecular flexibility index (Phi) is 5.28. The molecule has 0 aliphatic heterocycles. The van der Waals surface area contributed by atoms with Gasteiger partial charge in [0.1, 0.15) is 0 Å². The van der Waals surface area contributed by atoms with E-state index >= 15 is 0 Å². The quantitative estimate of drug-likeness (QED) is 0.503. The van der Waals surface area contributed by atoms with E-state index in [4.69, 9.17) is 4.43 Å². The molecule has 0 aliphatic carbocycles. The highest BCUT2D eigenvalue weighted by atomic mass is 28.4. The highest BCUT2D eigenvalue weighted by Gasteiger charge is 2.36. The molecule has 0 rings (SSSR count). The van der Waals surface area contributed by atoms with Gasteiger partial charge in [0.25, 0.3) is 0 Å². The molecule has 3 heteroatoms. The lowest BCUT2D eigenvalue weighted by molar-refractivity contribution is 0.287. The molecule has 1 nitrogen and oxygen atoms in total. The van der Waals surface area contributed by atoms with Gasteiger partial charge in [-0.3, -0.25) is 0 Å². The van der Waals surface area contributed by atoms with Gasteiger partial charge in [0, 0.05) is 14.7 Å². The topological polar surface area (TPSA) is 9.23 Å². The Morgan fingerprint density at radius 1 is 0.933 bits per heavy atom. The van der Waals surface area contributed by atoms with E-state index in [-0.39, 0.29) is 0 Å². The largest absolute Gasteiger partial charge is 0.417 e. The van der Waals surface area contributed by atoms with Gasteiger partial charge in [0.05, 0.1) is 0 Å². The molecule has 0 saturated heterocycles. The molecule has 0 aromatic rings. The molecule has 0 aromatic heterocycles. The smallest absolute Gasteiger partial charge is 0.191 e. The fourth-order valence-corrected chi connectivity index (χ4v) is 3.44. The summed E-state index contributed by atoms with van der Waals surface area (Å²) in [5, 5.41) is 0.353. The van der Waals surface area contributed by atoms with Crippen LogP contribution in [0.5, 0.6) is 0 Å². The fourth-order valence-electron chi connectivity index (χ4n) is 1.15. The molecule has 0 atom stereocenters. The predicted octanol–water partition coefficient (Wildman–Crippen LogP) is 4.74. The highest BCUT2D eigenvalue weighted by Crippen LogP contribution is 2.36. The second kappa shape index (κ2) is 5.15. The number of hydrogen-bond acceptors (Lipinski definition) is 1. The molecular formula is C12H30OSi2. The second-order valence-corrected chi connectivity index (χ2v) is 17.7. The Morgan fingerprint density at radius 3 is 1.73 bits per heavy atom. The van der Waals surface area contributed by atoms with Crippen LogP contribution in [0.25, 0.3) is 0 Å². The van der Waals surface area contributed by atoms with Crippen molar-refractivity contribution in [1.82, 2.24) is 0 Å². The van der Waals surface area contributed by atoms with Crippen molar-refractivity contribution in [1.29, 1.82) is 0 Å². The van der Waals surface area contributed by atoms with E-state index in [9.17, 15) is 0 Å². The molecule has 0 N–H and O–H groups in total. The lowest BCUT2D eigenvalue weighted by Crippen LogP contribution is -2.41. The van der Waals surface area contributed by atoms with Crippen molar-refractivity contribution in [3.8, 4) is 0 Å². The minimum absolute atomic E-state index is 0.353. The Balaban J connectivity index is 3.87. The van der Waals surface area contributed by atoms with Crippen molar-refractivity contribution < 1.29 is 4.43 Å². The molecular weight excluding hydrogens is 216 g/mol. The van der Waals surface area contributed by atoms with Crippen LogP contribution in [0.3, 0.4) is 0 Å². The number of rotatable bonds is 5. The summed E-state index contributed by atoms with van der Waals surface area (Å²) in [6.45, 7) is 19.8. The molecule has 15 heavy (non-hydrogen) atoms. The first-order valence-electron chi connectivity index (χ1n) is 6.10. The zero-order chi connectivity index (χ0) is 12.3. The van der Waals surface area contributed by atoms with E-state index in [1.54, 1.807) is 0 Å². The molecule has 0 saturated carbocycles. The van der Waals surface area contributed by atoms with Crippen molar-refractivity contribution in [2.45, 2.75) is 71.0 Å². The van der Waals surface area contributed by atoms with Crippen LogP contribution in [0.15, 0.2) is 0 Å². The third-order valence-electron chi connectivity index (χ3n) is 3.34. The predicted molar refractivity (Wildman–Crippen MR) is 75.9 cm³/mol. The van der Waals surface area contributed by atoms with Gasteiger partial charge >= 0.3 is 0 Å².